The average Bonchev–Trinajstić information content (AvgIpc) is 3.00. The summed E-state index contributed by atoms with van der Waals surface area (Å²) in [5.41, 5.74) is 0. The first-order chi connectivity index (χ1) is 9.79. The highest BCUT2D eigenvalue weighted by Gasteiger charge is 2.18. The second-order valence-corrected chi connectivity index (χ2v) is 5.76. The Morgan fingerprint density at radius 3 is 2.43 bits per heavy atom. The molecule has 122 valence electrons. The molecular formula is C15H29IN4O. The van der Waals surface area contributed by atoms with Crippen molar-refractivity contribution in [3.63, 3.8) is 0 Å². The van der Waals surface area contributed by atoms with Gasteiger partial charge in [-0.3, -0.25) is 4.79 Å². The van der Waals surface area contributed by atoms with Crippen molar-refractivity contribution in [1.82, 2.24) is 15.5 Å². The van der Waals surface area contributed by atoms with Gasteiger partial charge in [-0.15, -0.1) is 24.0 Å². The van der Waals surface area contributed by atoms with E-state index in [0.29, 0.717) is 6.04 Å². The second kappa shape index (κ2) is 10.2. The van der Waals surface area contributed by atoms with E-state index in [9.17, 15) is 4.79 Å². The maximum atomic E-state index is 12.0. The molecule has 0 bridgehead atoms. The van der Waals surface area contributed by atoms with Gasteiger partial charge in [-0.1, -0.05) is 19.3 Å². The largest absolute Gasteiger partial charge is 0.357 e. The highest BCUT2D eigenvalue weighted by molar-refractivity contribution is 14.0. The highest BCUT2D eigenvalue weighted by atomic mass is 127. The molecule has 0 spiro atoms. The van der Waals surface area contributed by atoms with Gasteiger partial charge in [-0.05, 0) is 32.6 Å². The van der Waals surface area contributed by atoms with Crippen LogP contribution in [0.4, 0.5) is 0 Å². The van der Waals surface area contributed by atoms with E-state index >= 15 is 0 Å². The van der Waals surface area contributed by atoms with E-state index in [2.05, 4.69) is 22.5 Å². The third-order valence-corrected chi connectivity index (χ3v) is 4.12. The number of nitrogens with zero attached hydrogens (tertiary/aromatic N) is 2. The van der Waals surface area contributed by atoms with Gasteiger partial charge < -0.3 is 15.5 Å². The SMILES string of the molecule is CCNC(=NCC(=O)N1CCCC1)NC1CCCCC1.I. The van der Waals surface area contributed by atoms with E-state index in [0.717, 1.165) is 38.4 Å². The summed E-state index contributed by atoms with van der Waals surface area (Å²) in [6.45, 7) is 4.96. The third kappa shape index (κ3) is 6.40. The number of aliphatic imine (C=N–C) groups is 1. The zero-order valence-corrected chi connectivity index (χ0v) is 15.4. The van der Waals surface area contributed by atoms with Crippen molar-refractivity contribution in [2.24, 2.45) is 4.99 Å². The lowest BCUT2D eigenvalue weighted by Gasteiger charge is -2.25. The maximum absolute atomic E-state index is 12.0. The first-order valence-corrected chi connectivity index (χ1v) is 8.12. The second-order valence-electron chi connectivity index (χ2n) is 5.76. The van der Waals surface area contributed by atoms with Crippen LogP contribution < -0.4 is 10.6 Å². The van der Waals surface area contributed by atoms with Gasteiger partial charge in [0.15, 0.2) is 5.96 Å². The molecule has 1 saturated heterocycles. The zero-order valence-electron chi connectivity index (χ0n) is 13.1. The molecule has 2 N–H and O–H groups in total. The smallest absolute Gasteiger partial charge is 0.244 e. The summed E-state index contributed by atoms with van der Waals surface area (Å²) in [6, 6.07) is 0.517. The Bertz CT molecular complexity index is 337. The molecule has 0 radical (unpaired) electrons. The summed E-state index contributed by atoms with van der Waals surface area (Å²) in [5, 5.41) is 6.71. The average molecular weight is 408 g/mol. The Hall–Kier alpha value is -0.530. The van der Waals surface area contributed by atoms with Crippen molar-refractivity contribution in [2.75, 3.05) is 26.2 Å². The number of likely N-dealkylation sites (tertiary alicyclic amines) is 1. The van der Waals surface area contributed by atoms with Crippen LogP contribution in [-0.4, -0.2) is 49.0 Å². The maximum Gasteiger partial charge on any atom is 0.244 e. The summed E-state index contributed by atoms with van der Waals surface area (Å²) >= 11 is 0. The number of hydrogen-bond acceptors (Lipinski definition) is 2. The van der Waals surface area contributed by atoms with Gasteiger partial charge >= 0.3 is 0 Å². The van der Waals surface area contributed by atoms with Gasteiger partial charge in [0.25, 0.3) is 0 Å². The van der Waals surface area contributed by atoms with E-state index in [1.807, 2.05) is 4.90 Å². The predicted molar refractivity (Wildman–Crippen MR) is 97.2 cm³/mol. The molecular weight excluding hydrogens is 379 g/mol. The molecule has 2 rings (SSSR count). The predicted octanol–water partition coefficient (Wildman–Crippen LogP) is 2.11. The van der Waals surface area contributed by atoms with Crippen molar-refractivity contribution >= 4 is 35.8 Å². The van der Waals surface area contributed by atoms with Gasteiger partial charge in [0.2, 0.25) is 5.91 Å². The lowest BCUT2D eigenvalue weighted by molar-refractivity contribution is -0.128. The third-order valence-electron chi connectivity index (χ3n) is 4.12. The number of carbonyl (C=O) groups excluding carboxylic acids is 1. The lowest BCUT2D eigenvalue weighted by Crippen LogP contribution is -2.44. The molecule has 21 heavy (non-hydrogen) atoms. The Labute approximate surface area is 145 Å². The Morgan fingerprint density at radius 2 is 1.81 bits per heavy atom. The van der Waals surface area contributed by atoms with Gasteiger partial charge in [-0.25, -0.2) is 4.99 Å². The Kier molecular flexibility index (Phi) is 9.03. The minimum Gasteiger partial charge on any atom is -0.357 e. The van der Waals surface area contributed by atoms with Crippen molar-refractivity contribution in [3.8, 4) is 0 Å². The molecule has 1 aliphatic carbocycles. The van der Waals surface area contributed by atoms with Crippen LogP contribution in [0.1, 0.15) is 51.9 Å². The van der Waals surface area contributed by atoms with Crippen LogP contribution >= 0.6 is 24.0 Å². The first kappa shape index (κ1) is 18.5. The quantitative estimate of drug-likeness (QED) is 0.426. The topological polar surface area (TPSA) is 56.7 Å². The zero-order chi connectivity index (χ0) is 14.2. The molecule has 1 aliphatic heterocycles. The number of hydrogen-bond donors (Lipinski definition) is 2. The van der Waals surface area contributed by atoms with Crippen molar-refractivity contribution in [3.05, 3.63) is 0 Å². The van der Waals surface area contributed by atoms with Crippen molar-refractivity contribution in [2.45, 2.75) is 57.9 Å². The molecule has 5 nitrogen and oxygen atoms in total. The van der Waals surface area contributed by atoms with E-state index in [1.165, 1.54) is 32.1 Å². The van der Waals surface area contributed by atoms with E-state index in [1.54, 1.807) is 0 Å². The normalized spacial score (nSPS) is 20.0. The summed E-state index contributed by atoms with van der Waals surface area (Å²) in [5.74, 6) is 0.954. The van der Waals surface area contributed by atoms with Crippen LogP contribution in [0.2, 0.25) is 0 Å². The number of carbonyl (C=O) groups is 1. The van der Waals surface area contributed by atoms with Gasteiger partial charge in [0, 0.05) is 25.7 Å². The lowest BCUT2D eigenvalue weighted by atomic mass is 9.96. The molecule has 6 heteroatoms. The number of guanidine groups is 1. The molecule has 0 unspecified atom stereocenters. The van der Waals surface area contributed by atoms with E-state index in [-0.39, 0.29) is 36.4 Å². The minimum absolute atomic E-state index is 0. The number of amides is 1. The van der Waals surface area contributed by atoms with Crippen LogP contribution in [0.5, 0.6) is 0 Å². The minimum atomic E-state index is 0. The van der Waals surface area contributed by atoms with Crippen molar-refractivity contribution in [1.29, 1.82) is 0 Å². The van der Waals surface area contributed by atoms with Crippen LogP contribution in [0.3, 0.4) is 0 Å². The number of nitrogens with one attached hydrogen (secondary N) is 2. The summed E-state index contributed by atoms with van der Waals surface area (Å²) in [7, 11) is 0. The van der Waals surface area contributed by atoms with Gasteiger partial charge in [-0.2, -0.15) is 0 Å². The number of rotatable bonds is 4. The fraction of sp³-hybridized carbons (Fsp3) is 0.867. The molecule has 1 saturated carbocycles. The van der Waals surface area contributed by atoms with Gasteiger partial charge in [0.05, 0.1) is 0 Å². The Balaban J connectivity index is 0.00000220. The molecule has 0 aromatic heterocycles. The molecule has 0 aromatic rings. The number of halogens is 1. The fourth-order valence-corrected chi connectivity index (χ4v) is 2.97. The van der Waals surface area contributed by atoms with Crippen LogP contribution in [-0.2, 0) is 4.79 Å². The first-order valence-electron chi connectivity index (χ1n) is 8.12. The molecule has 2 fully saturated rings. The van der Waals surface area contributed by atoms with Gasteiger partial charge in [0.1, 0.15) is 6.54 Å². The molecule has 1 amide bonds. The molecule has 0 atom stereocenters. The van der Waals surface area contributed by atoms with Crippen molar-refractivity contribution < 1.29 is 4.79 Å². The van der Waals surface area contributed by atoms with E-state index < -0.39 is 0 Å². The van der Waals surface area contributed by atoms with Crippen LogP contribution in [0, 0.1) is 0 Å². The summed E-state index contributed by atoms with van der Waals surface area (Å²) in [6.07, 6.45) is 8.63. The molecule has 2 aliphatic rings. The van der Waals surface area contributed by atoms with Crippen LogP contribution in [0.15, 0.2) is 4.99 Å². The monoisotopic (exact) mass is 408 g/mol. The molecule has 0 aromatic carbocycles. The van der Waals surface area contributed by atoms with E-state index in [4.69, 9.17) is 0 Å². The fourth-order valence-electron chi connectivity index (χ4n) is 2.97. The highest BCUT2D eigenvalue weighted by Crippen LogP contribution is 2.17. The summed E-state index contributed by atoms with van der Waals surface area (Å²) < 4.78 is 0. The Morgan fingerprint density at radius 1 is 1.14 bits per heavy atom. The summed E-state index contributed by atoms with van der Waals surface area (Å²) in [4.78, 5) is 18.4. The molecule has 1 heterocycles. The standard InChI is InChI=1S/C15H28N4O.HI/c1-2-16-15(18-13-8-4-3-5-9-13)17-12-14(20)19-10-6-7-11-19;/h13H,2-12H2,1H3,(H2,16,17,18);1H. The van der Waals surface area contributed by atoms with Crippen LogP contribution in [0.25, 0.3) is 0 Å².